The Balaban J connectivity index is 1.50. The second-order valence-corrected chi connectivity index (χ2v) is 8.24. The first-order valence-electron chi connectivity index (χ1n) is 10.9. The van der Waals surface area contributed by atoms with Crippen molar-refractivity contribution in [1.29, 1.82) is 0 Å². The zero-order chi connectivity index (χ0) is 21.0. The molecule has 1 saturated carbocycles. The standard InChI is InChI=1S/C26H30N2O2/c1-19-12-13-21(30-17-6-2-5-16-27)18-23(19)25(29)28-26(14-15-26)24-11-7-9-20-8-3-4-10-22(20)24/h3-4,7-13,18H,2,5-6,14-17,27H2,1H3,(H,28,29). The normalized spacial score (nSPS) is 14.5. The number of nitrogens with two attached hydrogens (primary N) is 1. The third-order valence-electron chi connectivity index (χ3n) is 5.98. The average Bonchev–Trinajstić information content (AvgIpc) is 3.54. The maximum atomic E-state index is 13.2. The summed E-state index contributed by atoms with van der Waals surface area (Å²) in [7, 11) is 0. The summed E-state index contributed by atoms with van der Waals surface area (Å²) >= 11 is 0. The van der Waals surface area contributed by atoms with Gasteiger partial charge in [-0.25, -0.2) is 0 Å². The molecule has 0 spiro atoms. The van der Waals surface area contributed by atoms with E-state index in [1.54, 1.807) is 0 Å². The summed E-state index contributed by atoms with van der Waals surface area (Å²) in [4.78, 5) is 13.2. The lowest BCUT2D eigenvalue weighted by molar-refractivity contribution is 0.0930. The first-order chi connectivity index (χ1) is 14.6. The van der Waals surface area contributed by atoms with Gasteiger partial charge in [0.15, 0.2) is 0 Å². The van der Waals surface area contributed by atoms with Gasteiger partial charge in [0.25, 0.3) is 5.91 Å². The van der Waals surface area contributed by atoms with Gasteiger partial charge in [0.2, 0.25) is 0 Å². The Hall–Kier alpha value is -2.85. The van der Waals surface area contributed by atoms with Crippen molar-refractivity contribution in [1.82, 2.24) is 5.32 Å². The Kier molecular flexibility index (Phi) is 6.05. The molecule has 30 heavy (non-hydrogen) atoms. The molecule has 0 aromatic heterocycles. The van der Waals surface area contributed by atoms with Gasteiger partial charge in [-0.15, -0.1) is 0 Å². The third-order valence-corrected chi connectivity index (χ3v) is 5.98. The number of nitrogens with one attached hydrogen (secondary N) is 1. The molecule has 0 unspecified atom stereocenters. The van der Waals surface area contributed by atoms with Gasteiger partial charge >= 0.3 is 0 Å². The Morgan fingerprint density at radius 1 is 1.03 bits per heavy atom. The number of amides is 1. The summed E-state index contributed by atoms with van der Waals surface area (Å²) in [5.74, 6) is 0.708. The number of rotatable bonds is 9. The Labute approximate surface area is 178 Å². The molecule has 0 atom stereocenters. The van der Waals surface area contributed by atoms with E-state index in [4.69, 9.17) is 10.5 Å². The van der Waals surface area contributed by atoms with Crippen LogP contribution in [0.25, 0.3) is 10.8 Å². The third kappa shape index (κ3) is 4.34. The number of hydrogen-bond donors (Lipinski definition) is 2. The van der Waals surface area contributed by atoms with Gasteiger partial charge < -0.3 is 15.8 Å². The first kappa shape index (κ1) is 20.4. The molecule has 3 aromatic carbocycles. The summed E-state index contributed by atoms with van der Waals surface area (Å²) in [6, 6.07) is 20.5. The van der Waals surface area contributed by atoms with E-state index in [2.05, 4.69) is 47.8 Å². The predicted molar refractivity (Wildman–Crippen MR) is 122 cm³/mol. The number of aryl methyl sites for hydroxylation is 1. The van der Waals surface area contributed by atoms with E-state index in [9.17, 15) is 4.79 Å². The summed E-state index contributed by atoms with van der Waals surface area (Å²) in [6.07, 6.45) is 4.97. The molecule has 0 bridgehead atoms. The lowest BCUT2D eigenvalue weighted by Crippen LogP contribution is -2.35. The van der Waals surface area contributed by atoms with Crippen LogP contribution in [0.4, 0.5) is 0 Å². The van der Waals surface area contributed by atoms with Crippen LogP contribution in [0.5, 0.6) is 5.75 Å². The molecule has 0 heterocycles. The second kappa shape index (κ2) is 8.88. The fraction of sp³-hybridized carbons (Fsp3) is 0.346. The van der Waals surface area contributed by atoms with E-state index < -0.39 is 0 Å². The fourth-order valence-electron chi connectivity index (χ4n) is 4.06. The number of fused-ring (bicyclic) bond motifs is 1. The van der Waals surface area contributed by atoms with Crippen molar-refractivity contribution in [3.8, 4) is 5.75 Å². The summed E-state index contributed by atoms with van der Waals surface area (Å²) in [6.45, 7) is 3.33. The van der Waals surface area contributed by atoms with Crippen LogP contribution < -0.4 is 15.8 Å². The van der Waals surface area contributed by atoms with Crippen LogP contribution in [-0.2, 0) is 5.54 Å². The highest BCUT2D eigenvalue weighted by atomic mass is 16.5. The van der Waals surface area contributed by atoms with E-state index in [-0.39, 0.29) is 11.4 Å². The number of benzene rings is 3. The number of carbonyl (C=O) groups is 1. The van der Waals surface area contributed by atoms with Gasteiger partial charge in [-0.3, -0.25) is 4.79 Å². The van der Waals surface area contributed by atoms with Gasteiger partial charge in [-0.05, 0) is 79.6 Å². The minimum absolute atomic E-state index is 0.0356. The Bertz CT molecular complexity index is 1030. The Morgan fingerprint density at radius 3 is 2.63 bits per heavy atom. The first-order valence-corrected chi connectivity index (χ1v) is 10.9. The summed E-state index contributed by atoms with van der Waals surface area (Å²) in [5, 5.41) is 5.75. The van der Waals surface area contributed by atoms with Crippen molar-refractivity contribution < 1.29 is 9.53 Å². The zero-order valence-electron chi connectivity index (χ0n) is 17.6. The van der Waals surface area contributed by atoms with Crippen molar-refractivity contribution in [2.24, 2.45) is 5.73 Å². The summed E-state index contributed by atoms with van der Waals surface area (Å²) < 4.78 is 5.87. The number of hydrogen-bond acceptors (Lipinski definition) is 3. The molecule has 1 aliphatic carbocycles. The molecule has 4 heteroatoms. The molecular formula is C26H30N2O2. The molecule has 3 N–H and O–H groups in total. The SMILES string of the molecule is Cc1ccc(OCCCCCN)cc1C(=O)NC1(c2cccc3ccccc23)CC1. The van der Waals surface area contributed by atoms with E-state index in [0.717, 1.165) is 43.4 Å². The van der Waals surface area contributed by atoms with Gasteiger partial charge in [-0.2, -0.15) is 0 Å². The van der Waals surface area contributed by atoms with Crippen molar-refractivity contribution in [2.45, 2.75) is 44.6 Å². The van der Waals surface area contributed by atoms with Crippen LogP contribution in [0.2, 0.25) is 0 Å². The van der Waals surface area contributed by atoms with Gasteiger partial charge in [0.05, 0.1) is 12.1 Å². The molecular weight excluding hydrogens is 372 g/mol. The van der Waals surface area contributed by atoms with Crippen molar-refractivity contribution >= 4 is 16.7 Å². The highest BCUT2D eigenvalue weighted by Crippen LogP contribution is 2.48. The molecule has 0 aliphatic heterocycles. The quantitative estimate of drug-likeness (QED) is 0.491. The topological polar surface area (TPSA) is 64.3 Å². The van der Waals surface area contributed by atoms with Crippen LogP contribution in [-0.4, -0.2) is 19.1 Å². The molecule has 1 aliphatic rings. The van der Waals surface area contributed by atoms with Gasteiger partial charge in [0.1, 0.15) is 5.75 Å². The fourth-order valence-corrected chi connectivity index (χ4v) is 4.06. The molecule has 3 aromatic rings. The predicted octanol–water partition coefficient (Wildman–Crippen LogP) is 5.08. The Morgan fingerprint density at radius 2 is 1.83 bits per heavy atom. The van der Waals surface area contributed by atoms with Crippen LogP contribution >= 0.6 is 0 Å². The maximum Gasteiger partial charge on any atom is 0.252 e. The van der Waals surface area contributed by atoms with E-state index >= 15 is 0 Å². The van der Waals surface area contributed by atoms with Gasteiger partial charge in [-0.1, -0.05) is 48.5 Å². The average molecular weight is 403 g/mol. The highest BCUT2D eigenvalue weighted by molar-refractivity contribution is 5.97. The molecule has 4 rings (SSSR count). The lowest BCUT2D eigenvalue weighted by atomic mass is 9.96. The molecule has 0 saturated heterocycles. The van der Waals surface area contributed by atoms with Crippen LogP contribution in [0.1, 0.15) is 53.6 Å². The zero-order valence-corrected chi connectivity index (χ0v) is 17.6. The summed E-state index contributed by atoms with van der Waals surface area (Å²) in [5.41, 5.74) is 8.10. The molecule has 1 amide bonds. The van der Waals surface area contributed by atoms with Crippen molar-refractivity contribution in [3.05, 3.63) is 77.4 Å². The van der Waals surface area contributed by atoms with Crippen LogP contribution in [0.15, 0.2) is 60.7 Å². The largest absolute Gasteiger partial charge is 0.494 e. The monoisotopic (exact) mass is 402 g/mol. The maximum absolute atomic E-state index is 13.2. The number of carbonyl (C=O) groups excluding carboxylic acids is 1. The lowest BCUT2D eigenvalue weighted by Gasteiger charge is -2.21. The number of unbranched alkanes of at least 4 members (excludes halogenated alkanes) is 2. The van der Waals surface area contributed by atoms with Crippen LogP contribution in [0, 0.1) is 6.92 Å². The van der Waals surface area contributed by atoms with E-state index in [1.807, 2.05) is 25.1 Å². The minimum Gasteiger partial charge on any atom is -0.494 e. The smallest absolute Gasteiger partial charge is 0.252 e. The molecule has 0 radical (unpaired) electrons. The van der Waals surface area contributed by atoms with Gasteiger partial charge in [0, 0.05) is 5.56 Å². The van der Waals surface area contributed by atoms with Crippen LogP contribution in [0.3, 0.4) is 0 Å². The molecule has 156 valence electrons. The highest BCUT2D eigenvalue weighted by Gasteiger charge is 2.46. The molecule has 1 fully saturated rings. The number of ether oxygens (including phenoxy) is 1. The second-order valence-electron chi connectivity index (χ2n) is 8.24. The van der Waals surface area contributed by atoms with Crippen molar-refractivity contribution in [3.63, 3.8) is 0 Å². The minimum atomic E-state index is -0.274. The van der Waals surface area contributed by atoms with E-state index in [1.165, 1.54) is 16.3 Å². The van der Waals surface area contributed by atoms with Crippen molar-refractivity contribution in [2.75, 3.05) is 13.2 Å². The van der Waals surface area contributed by atoms with E-state index in [0.29, 0.717) is 18.7 Å². The molecule has 4 nitrogen and oxygen atoms in total.